The molecule has 1 amide bonds. The van der Waals surface area contributed by atoms with Crippen molar-refractivity contribution < 1.29 is 14.3 Å². The predicted octanol–water partition coefficient (Wildman–Crippen LogP) is 4.34. The van der Waals surface area contributed by atoms with E-state index < -0.39 is 0 Å². The van der Waals surface area contributed by atoms with Crippen LogP contribution in [-0.4, -0.2) is 18.6 Å². The van der Waals surface area contributed by atoms with Gasteiger partial charge in [0.1, 0.15) is 17.6 Å². The minimum absolute atomic E-state index is 0.113. The van der Waals surface area contributed by atoms with E-state index in [1.54, 1.807) is 0 Å². The minimum atomic E-state index is -0.113. The summed E-state index contributed by atoms with van der Waals surface area (Å²) in [5, 5.41) is 2.96. The number of aryl methyl sites for hydroxylation is 2. The molecule has 1 aromatic heterocycles. The molecule has 1 aliphatic rings. The summed E-state index contributed by atoms with van der Waals surface area (Å²) < 4.78 is 11.5. The third kappa shape index (κ3) is 3.20. The monoisotopic (exact) mass is 331 g/mol. The van der Waals surface area contributed by atoms with Crippen molar-refractivity contribution in [3.8, 4) is 11.5 Å². The second-order valence-corrected chi connectivity index (χ2v) is 7.08. The quantitative estimate of drug-likeness (QED) is 0.906. The molecule has 5 heteroatoms. The number of carbonyl (C=O) groups excluding carboxylic acids is 1. The highest BCUT2D eigenvalue weighted by atomic mass is 32.1. The van der Waals surface area contributed by atoms with Gasteiger partial charge in [-0.2, -0.15) is 0 Å². The van der Waals surface area contributed by atoms with Crippen molar-refractivity contribution in [1.29, 1.82) is 0 Å². The molecule has 0 bridgehead atoms. The molecule has 1 aliphatic heterocycles. The van der Waals surface area contributed by atoms with Gasteiger partial charge >= 0.3 is 0 Å². The summed E-state index contributed by atoms with van der Waals surface area (Å²) in [6.45, 7) is 8.56. The van der Waals surface area contributed by atoms with Gasteiger partial charge < -0.3 is 14.8 Å². The largest absolute Gasteiger partial charge is 0.492 e. The highest BCUT2D eigenvalue weighted by Gasteiger charge is 2.23. The summed E-state index contributed by atoms with van der Waals surface area (Å²) in [5.41, 5.74) is 2.92. The lowest BCUT2D eigenvalue weighted by Gasteiger charge is -2.13. The summed E-state index contributed by atoms with van der Waals surface area (Å²) in [5.74, 6) is 1.41. The zero-order chi connectivity index (χ0) is 16.6. The Morgan fingerprint density at radius 3 is 2.83 bits per heavy atom. The van der Waals surface area contributed by atoms with Crippen molar-refractivity contribution in [3.05, 3.63) is 39.1 Å². The van der Waals surface area contributed by atoms with Crippen LogP contribution in [0.25, 0.3) is 0 Å². The number of rotatable bonds is 4. The Hall–Kier alpha value is -2.01. The third-order valence-corrected chi connectivity index (χ3v) is 5.09. The molecule has 0 aliphatic carbocycles. The van der Waals surface area contributed by atoms with E-state index in [9.17, 15) is 4.79 Å². The predicted molar refractivity (Wildman–Crippen MR) is 93.2 cm³/mol. The maximum atomic E-state index is 12.5. The number of fused-ring (bicyclic) bond motifs is 1. The van der Waals surface area contributed by atoms with Crippen LogP contribution in [0.3, 0.4) is 0 Å². The number of anilines is 1. The number of ether oxygens (including phenoxy) is 2. The van der Waals surface area contributed by atoms with Crippen molar-refractivity contribution in [1.82, 2.24) is 0 Å². The highest BCUT2D eigenvalue weighted by Crippen LogP contribution is 2.38. The van der Waals surface area contributed by atoms with Gasteiger partial charge in [-0.1, -0.05) is 0 Å². The van der Waals surface area contributed by atoms with Crippen LogP contribution in [0.4, 0.5) is 5.69 Å². The minimum Gasteiger partial charge on any atom is -0.492 e. The van der Waals surface area contributed by atoms with Gasteiger partial charge in [-0.25, -0.2) is 0 Å². The van der Waals surface area contributed by atoms with Crippen LogP contribution in [0.15, 0.2) is 18.2 Å². The average molecular weight is 331 g/mol. The number of hydrogen-bond acceptors (Lipinski definition) is 4. The van der Waals surface area contributed by atoms with Gasteiger partial charge in [0.25, 0.3) is 5.91 Å². The Morgan fingerprint density at radius 1 is 1.39 bits per heavy atom. The molecule has 0 saturated heterocycles. The molecule has 0 spiro atoms. The summed E-state index contributed by atoms with van der Waals surface area (Å²) >= 11 is 1.50. The molecule has 4 nitrogen and oxygen atoms in total. The Labute approximate surface area is 140 Å². The lowest BCUT2D eigenvalue weighted by atomic mass is 10.1. The summed E-state index contributed by atoms with van der Waals surface area (Å²) in [6, 6.07) is 5.76. The molecule has 2 heterocycles. The van der Waals surface area contributed by atoms with Gasteiger partial charge in [-0.15, -0.1) is 11.3 Å². The molecular formula is C18H21NO3S. The lowest BCUT2D eigenvalue weighted by Crippen LogP contribution is -2.11. The Balaban J connectivity index is 1.89. The summed E-state index contributed by atoms with van der Waals surface area (Å²) in [7, 11) is 0. The van der Waals surface area contributed by atoms with Crippen LogP contribution < -0.4 is 14.8 Å². The fourth-order valence-electron chi connectivity index (χ4n) is 2.68. The maximum absolute atomic E-state index is 12.5. The summed E-state index contributed by atoms with van der Waals surface area (Å²) in [6.07, 6.45) is 1.03. The Bertz CT molecular complexity index is 731. The maximum Gasteiger partial charge on any atom is 0.265 e. The number of amides is 1. The average Bonchev–Trinajstić information content (AvgIpc) is 3.01. The second-order valence-electron chi connectivity index (χ2n) is 5.83. The number of carbonyl (C=O) groups is 1. The number of nitrogens with one attached hydrogen (secondary N) is 1. The van der Waals surface area contributed by atoms with Gasteiger partial charge in [-0.05, 0) is 45.4 Å². The zero-order valence-corrected chi connectivity index (χ0v) is 14.7. The van der Waals surface area contributed by atoms with Crippen molar-refractivity contribution in [3.63, 3.8) is 0 Å². The zero-order valence-electron chi connectivity index (χ0n) is 13.9. The highest BCUT2D eigenvalue weighted by molar-refractivity contribution is 7.14. The van der Waals surface area contributed by atoms with Crippen LogP contribution >= 0.6 is 11.3 Å². The first-order chi connectivity index (χ1) is 11.0. The van der Waals surface area contributed by atoms with Crippen LogP contribution in [-0.2, 0) is 6.42 Å². The standard InChI is InChI=1S/C18H21NO3S/c1-5-21-16-8-13-7-11(3)22-15(13)9-14(16)19-18(20)17-6-10(2)12(4)23-17/h6,8-9,11H,5,7H2,1-4H3,(H,19,20)/t11-/m0/s1. The van der Waals surface area contributed by atoms with Crippen LogP contribution in [0.1, 0.15) is 39.5 Å². The first-order valence-electron chi connectivity index (χ1n) is 7.82. The molecule has 1 atom stereocenters. The second kappa shape index (κ2) is 6.24. The van der Waals surface area contributed by atoms with Crippen LogP contribution in [0.2, 0.25) is 0 Å². The topological polar surface area (TPSA) is 47.6 Å². The molecule has 23 heavy (non-hydrogen) atoms. The molecule has 2 aromatic rings. The number of thiophene rings is 1. The van der Waals surface area contributed by atoms with E-state index in [2.05, 4.69) is 5.32 Å². The van der Waals surface area contributed by atoms with E-state index in [4.69, 9.17) is 9.47 Å². The Kier molecular flexibility index (Phi) is 4.31. The number of hydrogen-bond donors (Lipinski definition) is 1. The third-order valence-electron chi connectivity index (χ3n) is 3.94. The van der Waals surface area contributed by atoms with Crippen molar-refractivity contribution in [2.45, 2.75) is 40.2 Å². The van der Waals surface area contributed by atoms with E-state index >= 15 is 0 Å². The molecule has 0 fully saturated rings. The first-order valence-corrected chi connectivity index (χ1v) is 8.64. The van der Waals surface area contributed by atoms with Gasteiger partial charge in [0.15, 0.2) is 0 Å². The van der Waals surface area contributed by atoms with Crippen LogP contribution in [0, 0.1) is 13.8 Å². The number of benzene rings is 1. The van der Waals surface area contributed by atoms with Crippen molar-refractivity contribution in [2.24, 2.45) is 0 Å². The van der Waals surface area contributed by atoms with Crippen molar-refractivity contribution >= 4 is 22.9 Å². The van der Waals surface area contributed by atoms with E-state index in [1.165, 1.54) is 11.3 Å². The van der Waals surface area contributed by atoms with Gasteiger partial charge in [0.05, 0.1) is 17.2 Å². The van der Waals surface area contributed by atoms with E-state index in [0.717, 1.165) is 28.2 Å². The first kappa shape index (κ1) is 15.9. The fraction of sp³-hybridized carbons (Fsp3) is 0.389. The summed E-state index contributed by atoms with van der Waals surface area (Å²) in [4.78, 5) is 14.4. The molecule has 1 aromatic carbocycles. The molecule has 1 N–H and O–H groups in total. The van der Waals surface area contributed by atoms with Crippen molar-refractivity contribution in [2.75, 3.05) is 11.9 Å². The van der Waals surface area contributed by atoms with E-state index in [1.807, 2.05) is 45.9 Å². The van der Waals surface area contributed by atoms with Gasteiger partial charge in [-0.3, -0.25) is 4.79 Å². The normalized spacial score (nSPS) is 15.9. The van der Waals surface area contributed by atoms with Crippen LogP contribution in [0.5, 0.6) is 11.5 Å². The Morgan fingerprint density at radius 2 is 2.17 bits per heavy atom. The molecule has 0 saturated carbocycles. The molecule has 0 radical (unpaired) electrons. The van der Waals surface area contributed by atoms with Gasteiger partial charge in [0, 0.05) is 22.9 Å². The lowest BCUT2D eigenvalue weighted by molar-refractivity contribution is 0.103. The fourth-order valence-corrected chi connectivity index (χ4v) is 3.61. The SMILES string of the molecule is CCOc1cc2c(cc1NC(=O)c1cc(C)c(C)s1)O[C@@H](C)C2. The molecule has 122 valence electrons. The smallest absolute Gasteiger partial charge is 0.265 e. The van der Waals surface area contributed by atoms with E-state index in [-0.39, 0.29) is 12.0 Å². The molecule has 0 unspecified atom stereocenters. The van der Waals surface area contributed by atoms with E-state index in [0.29, 0.717) is 22.9 Å². The molecule has 3 rings (SSSR count). The van der Waals surface area contributed by atoms with Gasteiger partial charge in [0.2, 0.25) is 0 Å². The molecular weight excluding hydrogens is 310 g/mol.